The Hall–Kier alpha value is -0.260. The number of nitrogens with one attached hydrogen (secondary N) is 1. The maximum absolute atomic E-state index is 9.68. The first-order valence-corrected chi connectivity index (χ1v) is 7.31. The molecule has 0 radical (unpaired) electrons. The quantitative estimate of drug-likeness (QED) is 0.738. The SMILES string of the molecule is CC(C)(C)NCC(O)CON=C1CCSCC1. The Bertz CT molecular complexity index is 243. The second-order valence-corrected chi connectivity index (χ2v) is 6.58. The zero-order valence-electron chi connectivity index (χ0n) is 11.0. The molecule has 5 heteroatoms. The van der Waals surface area contributed by atoms with E-state index in [2.05, 4.69) is 31.2 Å². The van der Waals surface area contributed by atoms with Crippen LogP contribution in [0.1, 0.15) is 33.6 Å². The van der Waals surface area contributed by atoms with Gasteiger partial charge in [-0.3, -0.25) is 0 Å². The van der Waals surface area contributed by atoms with Gasteiger partial charge in [-0.2, -0.15) is 11.8 Å². The molecule has 0 aromatic carbocycles. The van der Waals surface area contributed by atoms with Crippen LogP contribution >= 0.6 is 11.8 Å². The van der Waals surface area contributed by atoms with Crippen LogP contribution in [-0.2, 0) is 4.84 Å². The van der Waals surface area contributed by atoms with Gasteiger partial charge in [-0.25, -0.2) is 0 Å². The molecule has 4 nitrogen and oxygen atoms in total. The predicted molar refractivity (Wildman–Crippen MR) is 73.7 cm³/mol. The topological polar surface area (TPSA) is 53.8 Å². The van der Waals surface area contributed by atoms with Crippen LogP contribution in [0, 0.1) is 0 Å². The van der Waals surface area contributed by atoms with Crippen molar-refractivity contribution in [3.8, 4) is 0 Å². The summed E-state index contributed by atoms with van der Waals surface area (Å²) in [6.07, 6.45) is 1.53. The zero-order valence-corrected chi connectivity index (χ0v) is 11.8. The first-order chi connectivity index (χ1) is 7.97. The minimum atomic E-state index is -0.503. The normalized spacial score (nSPS) is 18.9. The number of aliphatic hydroxyl groups is 1. The average Bonchev–Trinajstić information content (AvgIpc) is 2.27. The summed E-state index contributed by atoms with van der Waals surface area (Å²) in [7, 11) is 0. The fourth-order valence-electron chi connectivity index (χ4n) is 1.40. The molecule has 0 amide bonds. The predicted octanol–water partition coefficient (Wildman–Crippen LogP) is 1.63. The summed E-state index contributed by atoms with van der Waals surface area (Å²) < 4.78 is 0. The van der Waals surface area contributed by atoms with Crippen LogP contribution in [0.25, 0.3) is 0 Å². The second kappa shape index (κ2) is 7.24. The van der Waals surface area contributed by atoms with Crippen molar-refractivity contribution in [2.75, 3.05) is 24.7 Å². The fourth-order valence-corrected chi connectivity index (χ4v) is 2.36. The lowest BCUT2D eigenvalue weighted by atomic mass is 10.1. The molecule has 0 aromatic rings. The number of thioether (sulfide) groups is 1. The summed E-state index contributed by atoms with van der Waals surface area (Å²) in [4.78, 5) is 5.19. The molecule has 0 saturated carbocycles. The smallest absolute Gasteiger partial charge is 0.144 e. The van der Waals surface area contributed by atoms with E-state index < -0.39 is 6.10 Å². The van der Waals surface area contributed by atoms with Crippen molar-refractivity contribution in [2.45, 2.75) is 45.3 Å². The van der Waals surface area contributed by atoms with Crippen molar-refractivity contribution in [1.29, 1.82) is 0 Å². The zero-order chi connectivity index (χ0) is 12.7. The van der Waals surface area contributed by atoms with E-state index in [1.54, 1.807) is 0 Å². The summed E-state index contributed by atoms with van der Waals surface area (Å²) in [5, 5.41) is 17.0. The van der Waals surface area contributed by atoms with Gasteiger partial charge in [0.15, 0.2) is 0 Å². The molecule has 0 bridgehead atoms. The highest BCUT2D eigenvalue weighted by atomic mass is 32.2. The highest BCUT2D eigenvalue weighted by Crippen LogP contribution is 2.14. The Morgan fingerprint density at radius 2 is 2.06 bits per heavy atom. The van der Waals surface area contributed by atoms with Crippen molar-refractivity contribution >= 4 is 17.5 Å². The van der Waals surface area contributed by atoms with Gasteiger partial charge in [0.2, 0.25) is 0 Å². The molecule has 1 rings (SSSR count). The van der Waals surface area contributed by atoms with Gasteiger partial charge in [-0.15, -0.1) is 0 Å². The van der Waals surface area contributed by atoms with Crippen LogP contribution in [0.4, 0.5) is 0 Å². The Labute approximate surface area is 108 Å². The van der Waals surface area contributed by atoms with Gasteiger partial charge in [0.1, 0.15) is 12.7 Å². The first-order valence-electron chi connectivity index (χ1n) is 6.16. The lowest BCUT2D eigenvalue weighted by Crippen LogP contribution is -2.42. The maximum Gasteiger partial charge on any atom is 0.144 e. The highest BCUT2D eigenvalue weighted by Gasteiger charge is 2.13. The van der Waals surface area contributed by atoms with Crippen LogP contribution in [0.2, 0.25) is 0 Å². The molecule has 1 saturated heterocycles. The molecule has 1 heterocycles. The minimum absolute atomic E-state index is 0.0213. The number of hydrogen-bond acceptors (Lipinski definition) is 5. The van der Waals surface area contributed by atoms with E-state index in [-0.39, 0.29) is 12.1 Å². The molecule has 0 aromatic heterocycles. The minimum Gasteiger partial charge on any atom is -0.393 e. The number of rotatable bonds is 5. The largest absolute Gasteiger partial charge is 0.393 e. The van der Waals surface area contributed by atoms with Crippen LogP contribution in [0.5, 0.6) is 0 Å². The maximum atomic E-state index is 9.68. The third kappa shape index (κ3) is 7.63. The van der Waals surface area contributed by atoms with Gasteiger partial charge in [0, 0.05) is 12.1 Å². The van der Waals surface area contributed by atoms with Gasteiger partial charge < -0.3 is 15.3 Å². The van der Waals surface area contributed by atoms with Crippen molar-refractivity contribution in [1.82, 2.24) is 5.32 Å². The van der Waals surface area contributed by atoms with Crippen LogP contribution in [-0.4, -0.2) is 47.1 Å². The van der Waals surface area contributed by atoms with E-state index in [4.69, 9.17) is 4.84 Å². The van der Waals surface area contributed by atoms with Gasteiger partial charge in [-0.1, -0.05) is 5.16 Å². The van der Waals surface area contributed by atoms with Crippen molar-refractivity contribution in [3.63, 3.8) is 0 Å². The molecule has 1 fully saturated rings. The fraction of sp³-hybridized carbons (Fsp3) is 0.917. The standard InChI is InChI=1S/C12H24N2O2S/c1-12(2,3)13-8-11(15)9-16-14-10-4-6-17-7-5-10/h11,13,15H,4-9H2,1-3H3. The van der Waals surface area contributed by atoms with Gasteiger partial charge in [-0.05, 0) is 45.1 Å². The molecule has 100 valence electrons. The monoisotopic (exact) mass is 260 g/mol. The van der Waals surface area contributed by atoms with E-state index in [0.717, 1.165) is 30.1 Å². The molecule has 1 atom stereocenters. The lowest BCUT2D eigenvalue weighted by molar-refractivity contribution is 0.0368. The molecule has 1 aliphatic heterocycles. The summed E-state index contributed by atoms with van der Waals surface area (Å²) in [6.45, 7) is 7.01. The molecule has 1 unspecified atom stereocenters. The lowest BCUT2D eigenvalue weighted by Gasteiger charge is -2.22. The Morgan fingerprint density at radius 1 is 1.41 bits per heavy atom. The van der Waals surface area contributed by atoms with Gasteiger partial charge in [0.25, 0.3) is 0 Å². The average molecular weight is 260 g/mol. The third-order valence-electron chi connectivity index (χ3n) is 2.40. The first kappa shape index (κ1) is 14.8. The summed E-state index contributed by atoms with van der Waals surface area (Å²) >= 11 is 1.95. The molecule has 17 heavy (non-hydrogen) atoms. The van der Waals surface area contributed by atoms with Crippen molar-refractivity contribution < 1.29 is 9.94 Å². The molecular formula is C12H24N2O2S. The summed E-state index contributed by atoms with van der Waals surface area (Å²) in [5.41, 5.74) is 1.15. The number of oxime groups is 1. The van der Waals surface area contributed by atoms with E-state index in [0.29, 0.717) is 6.54 Å². The van der Waals surface area contributed by atoms with Crippen molar-refractivity contribution in [3.05, 3.63) is 0 Å². The Morgan fingerprint density at radius 3 is 2.65 bits per heavy atom. The molecule has 0 spiro atoms. The van der Waals surface area contributed by atoms with E-state index >= 15 is 0 Å². The van der Waals surface area contributed by atoms with E-state index in [1.807, 2.05) is 11.8 Å². The summed E-state index contributed by atoms with van der Waals surface area (Å²) in [6, 6.07) is 0. The van der Waals surface area contributed by atoms with E-state index in [9.17, 15) is 5.11 Å². The number of aliphatic hydroxyl groups excluding tert-OH is 1. The Balaban J connectivity index is 2.12. The van der Waals surface area contributed by atoms with Crippen LogP contribution in [0.15, 0.2) is 5.16 Å². The molecular weight excluding hydrogens is 236 g/mol. The van der Waals surface area contributed by atoms with E-state index in [1.165, 1.54) is 0 Å². The number of hydrogen-bond donors (Lipinski definition) is 2. The van der Waals surface area contributed by atoms with Gasteiger partial charge >= 0.3 is 0 Å². The van der Waals surface area contributed by atoms with Gasteiger partial charge in [0.05, 0.1) is 5.71 Å². The second-order valence-electron chi connectivity index (χ2n) is 5.35. The molecule has 0 aliphatic carbocycles. The molecule has 1 aliphatic rings. The molecule has 2 N–H and O–H groups in total. The highest BCUT2D eigenvalue weighted by molar-refractivity contribution is 7.99. The third-order valence-corrected chi connectivity index (χ3v) is 3.38. The van der Waals surface area contributed by atoms with Crippen molar-refractivity contribution in [2.24, 2.45) is 5.16 Å². The number of β-amino-alcohol motifs (C(OH)–C–C–N with tert-alkyl or cyclic N) is 1. The van der Waals surface area contributed by atoms with Crippen LogP contribution < -0.4 is 5.32 Å². The summed E-state index contributed by atoms with van der Waals surface area (Å²) in [5.74, 6) is 2.27. The number of nitrogens with zero attached hydrogens (tertiary/aromatic N) is 1. The van der Waals surface area contributed by atoms with Crippen LogP contribution in [0.3, 0.4) is 0 Å². The Kier molecular flexibility index (Phi) is 6.30.